The number of ether oxygens (including phenoxy) is 2. The summed E-state index contributed by atoms with van der Waals surface area (Å²) in [5.41, 5.74) is 1.20. The molecular weight excluding hydrogens is 360 g/mol. The van der Waals surface area contributed by atoms with Crippen molar-refractivity contribution in [3.63, 3.8) is 0 Å². The summed E-state index contributed by atoms with van der Waals surface area (Å²) < 4.78 is 38.4. The summed E-state index contributed by atoms with van der Waals surface area (Å²) in [6.07, 6.45) is 1.34. The number of nitrogens with one attached hydrogen (secondary N) is 1. The number of aromatic nitrogens is 1. The molecule has 9 heteroatoms. The fourth-order valence-electron chi connectivity index (χ4n) is 2.31. The SMILES string of the molecule is COc1cc(CCC(=O)O)c(S(=O)(=O)Nc2ccc(C)cn2)cc1OC. The van der Waals surface area contributed by atoms with Crippen molar-refractivity contribution in [3.05, 3.63) is 41.6 Å². The molecule has 140 valence electrons. The third kappa shape index (κ3) is 4.63. The average molecular weight is 380 g/mol. The van der Waals surface area contributed by atoms with Crippen molar-refractivity contribution in [1.82, 2.24) is 4.98 Å². The third-order valence-corrected chi connectivity index (χ3v) is 5.05. The largest absolute Gasteiger partial charge is 0.493 e. The Labute approximate surface area is 151 Å². The van der Waals surface area contributed by atoms with Crippen LogP contribution in [0.5, 0.6) is 11.5 Å². The Hall–Kier alpha value is -2.81. The summed E-state index contributed by atoms with van der Waals surface area (Å²) in [6, 6.07) is 6.06. The van der Waals surface area contributed by atoms with Crippen molar-refractivity contribution in [2.24, 2.45) is 0 Å². The molecule has 1 aromatic heterocycles. The van der Waals surface area contributed by atoms with Crippen LogP contribution in [0.2, 0.25) is 0 Å². The van der Waals surface area contributed by atoms with Gasteiger partial charge in [-0.25, -0.2) is 13.4 Å². The molecule has 2 rings (SSSR count). The zero-order valence-electron chi connectivity index (χ0n) is 14.6. The van der Waals surface area contributed by atoms with E-state index in [1.807, 2.05) is 6.92 Å². The molecule has 0 bridgehead atoms. The first-order valence-corrected chi connectivity index (χ1v) is 9.17. The van der Waals surface area contributed by atoms with E-state index >= 15 is 0 Å². The van der Waals surface area contributed by atoms with Gasteiger partial charge in [0.1, 0.15) is 5.82 Å². The van der Waals surface area contributed by atoms with Gasteiger partial charge in [-0.2, -0.15) is 0 Å². The highest BCUT2D eigenvalue weighted by molar-refractivity contribution is 7.92. The van der Waals surface area contributed by atoms with Gasteiger partial charge in [-0.1, -0.05) is 6.07 Å². The first kappa shape index (κ1) is 19.5. The molecule has 0 unspecified atom stereocenters. The molecule has 8 nitrogen and oxygen atoms in total. The minimum atomic E-state index is -4.00. The lowest BCUT2D eigenvalue weighted by molar-refractivity contribution is -0.136. The Balaban J connectivity index is 2.49. The zero-order valence-corrected chi connectivity index (χ0v) is 15.5. The van der Waals surface area contributed by atoms with Gasteiger partial charge in [-0.05, 0) is 36.6 Å². The van der Waals surface area contributed by atoms with Gasteiger partial charge in [-0.15, -0.1) is 0 Å². The van der Waals surface area contributed by atoms with Crippen LogP contribution in [0.4, 0.5) is 5.82 Å². The molecule has 0 atom stereocenters. The van der Waals surface area contributed by atoms with Crippen LogP contribution in [0.1, 0.15) is 17.5 Å². The van der Waals surface area contributed by atoms with Crippen LogP contribution in [0.15, 0.2) is 35.4 Å². The van der Waals surface area contributed by atoms with Gasteiger partial charge in [0.25, 0.3) is 10.0 Å². The van der Waals surface area contributed by atoms with Gasteiger partial charge < -0.3 is 14.6 Å². The highest BCUT2D eigenvalue weighted by atomic mass is 32.2. The van der Waals surface area contributed by atoms with Gasteiger partial charge in [0.2, 0.25) is 0 Å². The van der Waals surface area contributed by atoms with Gasteiger partial charge >= 0.3 is 5.97 Å². The van der Waals surface area contributed by atoms with Crippen LogP contribution in [0, 0.1) is 6.92 Å². The molecule has 0 aliphatic carbocycles. The van der Waals surface area contributed by atoms with E-state index in [4.69, 9.17) is 14.6 Å². The fourth-order valence-corrected chi connectivity index (χ4v) is 3.58. The summed E-state index contributed by atoms with van der Waals surface area (Å²) in [4.78, 5) is 14.8. The van der Waals surface area contributed by atoms with Crippen LogP contribution >= 0.6 is 0 Å². The Kier molecular flexibility index (Phi) is 6.04. The van der Waals surface area contributed by atoms with Gasteiger partial charge in [0.15, 0.2) is 11.5 Å². The first-order chi connectivity index (χ1) is 12.3. The number of anilines is 1. The lowest BCUT2D eigenvalue weighted by atomic mass is 10.1. The maximum absolute atomic E-state index is 12.8. The Bertz CT molecular complexity index is 894. The highest BCUT2D eigenvalue weighted by Gasteiger charge is 2.23. The molecule has 1 heterocycles. The van der Waals surface area contributed by atoms with Gasteiger partial charge in [0, 0.05) is 18.7 Å². The number of aryl methyl sites for hydroxylation is 2. The van der Waals surface area contributed by atoms with E-state index < -0.39 is 16.0 Å². The predicted octanol–water partition coefficient (Wildman–Crippen LogP) is 2.23. The van der Waals surface area contributed by atoms with E-state index in [1.54, 1.807) is 12.1 Å². The number of rotatable bonds is 8. The molecule has 0 spiro atoms. The summed E-state index contributed by atoms with van der Waals surface area (Å²) >= 11 is 0. The summed E-state index contributed by atoms with van der Waals surface area (Å²) in [5.74, 6) is -0.324. The smallest absolute Gasteiger partial charge is 0.303 e. The van der Waals surface area contributed by atoms with Gasteiger partial charge in [-0.3, -0.25) is 9.52 Å². The number of carbonyl (C=O) groups is 1. The number of benzene rings is 1. The van der Waals surface area contributed by atoms with Crippen LogP contribution in [-0.2, 0) is 21.2 Å². The second kappa shape index (κ2) is 8.05. The van der Waals surface area contributed by atoms with E-state index in [0.717, 1.165) is 5.56 Å². The van der Waals surface area contributed by atoms with Crippen molar-refractivity contribution in [2.45, 2.75) is 24.7 Å². The summed E-state index contributed by atoms with van der Waals surface area (Å²) in [6.45, 7) is 1.84. The molecule has 0 saturated carbocycles. The number of carboxylic acid groups (broad SMARTS) is 1. The second-order valence-corrected chi connectivity index (χ2v) is 7.19. The Morgan fingerprint density at radius 2 is 1.85 bits per heavy atom. The van der Waals surface area contributed by atoms with E-state index in [0.29, 0.717) is 11.3 Å². The van der Waals surface area contributed by atoms with E-state index in [2.05, 4.69) is 9.71 Å². The molecule has 0 amide bonds. The molecule has 0 aliphatic heterocycles. The summed E-state index contributed by atoms with van der Waals surface area (Å²) in [5, 5.41) is 8.93. The number of hydrogen-bond donors (Lipinski definition) is 2. The molecule has 2 aromatic rings. The third-order valence-electron chi connectivity index (χ3n) is 3.61. The molecule has 0 radical (unpaired) electrons. The molecule has 0 saturated heterocycles. The van der Waals surface area contributed by atoms with E-state index in [1.165, 1.54) is 32.5 Å². The summed E-state index contributed by atoms with van der Waals surface area (Å²) in [7, 11) is -1.20. The van der Waals surface area contributed by atoms with Crippen molar-refractivity contribution < 1.29 is 27.8 Å². The number of hydrogen-bond acceptors (Lipinski definition) is 6. The van der Waals surface area contributed by atoms with Crippen molar-refractivity contribution >= 4 is 21.8 Å². The van der Waals surface area contributed by atoms with E-state index in [-0.39, 0.29) is 29.3 Å². The number of nitrogens with zero attached hydrogens (tertiary/aromatic N) is 1. The lowest BCUT2D eigenvalue weighted by Gasteiger charge is -2.15. The lowest BCUT2D eigenvalue weighted by Crippen LogP contribution is -2.17. The van der Waals surface area contributed by atoms with E-state index in [9.17, 15) is 13.2 Å². The van der Waals surface area contributed by atoms with Crippen molar-refractivity contribution in [2.75, 3.05) is 18.9 Å². The zero-order chi connectivity index (χ0) is 19.3. The maximum atomic E-state index is 12.8. The molecule has 2 N–H and O–H groups in total. The Morgan fingerprint density at radius 1 is 1.19 bits per heavy atom. The molecule has 26 heavy (non-hydrogen) atoms. The Morgan fingerprint density at radius 3 is 2.38 bits per heavy atom. The minimum Gasteiger partial charge on any atom is -0.493 e. The van der Waals surface area contributed by atoms with Crippen molar-refractivity contribution in [1.29, 1.82) is 0 Å². The molecular formula is C17H20N2O6S. The van der Waals surface area contributed by atoms with Crippen LogP contribution in [0.25, 0.3) is 0 Å². The topological polar surface area (TPSA) is 115 Å². The van der Waals surface area contributed by atoms with Crippen LogP contribution in [0.3, 0.4) is 0 Å². The van der Waals surface area contributed by atoms with Crippen molar-refractivity contribution in [3.8, 4) is 11.5 Å². The fraction of sp³-hybridized carbons (Fsp3) is 0.294. The van der Waals surface area contributed by atoms with Crippen LogP contribution < -0.4 is 14.2 Å². The second-order valence-electron chi connectivity index (χ2n) is 5.53. The average Bonchev–Trinajstić information content (AvgIpc) is 2.60. The maximum Gasteiger partial charge on any atom is 0.303 e. The highest BCUT2D eigenvalue weighted by Crippen LogP contribution is 2.34. The minimum absolute atomic E-state index is 0.0211. The molecule has 0 fully saturated rings. The number of methoxy groups -OCH3 is 2. The number of carboxylic acids is 1. The molecule has 0 aliphatic rings. The van der Waals surface area contributed by atoms with Gasteiger partial charge in [0.05, 0.1) is 19.1 Å². The van der Waals surface area contributed by atoms with Crippen LogP contribution in [-0.4, -0.2) is 38.7 Å². The standard InChI is InChI=1S/C17H20N2O6S/c1-11-4-6-16(18-10-11)19-26(22,23)15-9-14(25-3)13(24-2)8-12(15)5-7-17(20)21/h4,6,8-10H,5,7H2,1-3H3,(H,18,19)(H,20,21). The number of aliphatic carboxylic acids is 1. The monoisotopic (exact) mass is 380 g/mol. The normalized spacial score (nSPS) is 11.0. The first-order valence-electron chi connectivity index (χ1n) is 7.69. The molecule has 1 aromatic carbocycles. The number of pyridine rings is 1. The quantitative estimate of drug-likeness (QED) is 0.721. The predicted molar refractivity (Wildman–Crippen MR) is 95.3 cm³/mol. The number of sulfonamides is 1.